The molecule has 0 saturated carbocycles. The van der Waals surface area contributed by atoms with Gasteiger partial charge in [-0.25, -0.2) is 0 Å². The Hall–Kier alpha value is -2.14. The van der Waals surface area contributed by atoms with Crippen molar-refractivity contribution in [3.8, 4) is 0 Å². The molecule has 2 fully saturated rings. The second-order valence-corrected chi connectivity index (χ2v) is 6.99. The van der Waals surface area contributed by atoms with Gasteiger partial charge in [0.15, 0.2) is 0 Å². The minimum atomic E-state index is -0.0246. The van der Waals surface area contributed by atoms with Crippen molar-refractivity contribution in [1.82, 2.24) is 14.8 Å². The SMILES string of the molecule is Cc1cc(C)c2[nH]c(=O)c(CN3CC4C(=O)N(C)[C@@H]4C3)cc2c1. The Morgan fingerprint density at radius 3 is 2.70 bits per heavy atom. The number of hydrogen-bond acceptors (Lipinski definition) is 3. The molecular weight excluding hydrogens is 290 g/mol. The van der Waals surface area contributed by atoms with E-state index >= 15 is 0 Å². The van der Waals surface area contributed by atoms with E-state index in [4.69, 9.17) is 0 Å². The van der Waals surface area contributed by atoms with Crippen molar-refractivity contribution in [2.45, 2.75) is 26.4 Å². The van der Waals surface area contributed by atoms with E-state index < -0.39 is 0 Å². The van der Waals surface area contributed by atoms with Crippen LogP contribution >= 0.6 is 0 Å². The van der Waals surface area contributed by atoms with Crippen LogP contribution in [0.3, 0.4) is 0 Å². The van der Waals surface area contributed by atoms with Gasteiger partial charge in [-0.3, -0.25) is 14.5 Å². The zero-order chi connectivity index (χ0) is 16.3. The molecule has 0 bridgehead atoms. The molecule has 1 aromatic carbocycles. The quantitative estimate of drug-likeness (QED) is 0.853. The van der Waals surface area contributed by atoms with E-state index in [1.807, 2.05) is 24.9 Å². The zero-order valence-electron chi connectivity index (χ0n) is 13.7. The summed E-state index contributed by atoms with van der Waals surface area (Å²) < 4.78 is 0. The van der Waals surface area contributed by atoms with Crippen molar-refractivity contribution in [3.63, 3.8) is 0 Å². The van der Waals surface area contributed by atoms with Crippen LogP contribution in [-0.4, -0.2) is 46.9 Å². The number of carbonyl (C=O) groups is 1. The average Bonchev–Trinajstić information content (AvgIpc) is 2.88. The molecule has 1 amide bonds. The number of hydrogen-bond donors (Lipinski definition) is 1. The first kappa shape index (κ1) is 14.5. The van der Waals surface area contributed by atoms with Gasteiger partial charge in [0.2, 0.25) is 5.91 Å². The molecule has 120 valence electrons. The number of β-lactam (4-membered cyclic amide) rings is 1. The van der Waals surface area contributed by atoms with E-state index in [9.17, 15) is 9.59 Å². The fourth-order valence-electron chi connectivity index (χ4n) is 4.06. The van der Waals surface area contributed by atoms with Gasteiger partial charge in [0, 0.05) is 32.2 Å². The van der Waals surface area contributed by atoms with Crippen LogP contribution in [0.15, 0.2) is 23.0 Å². The largest absolute Gasteiger partial charge is 0.340 e. The number of nitrogens with one attached hydrogen (secondary N) is 1. The Balaban J connectivity index is 1.64. The molecular formula is C18H21N3O2. The summed E-state index contributed by atoms with van der Waals surface area (Å²) in [6.07, 6.45) is 0. The van der Waals surface area contributed by atoms with Crippen molar-refractivity contribution in [2.24, 2.45) is 5.92 Å². The number of aryl methyl sites for hydroxylation is 2. The molecule has 3 heterocycles. The highest BCUT2D eigenvalue weighted by molar-refractivity contribution is 5.86. The van der Waals surface area contributed by atoms with Gasteiger partial charge in [-0.2, -0.15) is 0 Å². The van der Waals surface area contributed by atoms with Crippen molar-refractivity contribution in [1.29, 1.82) is 0 Å². The molecule has 1 aromatic heterocycles. The summed E-state index contributed by atoms with van der Waals surface area (Å²) in [5.74, 6) is 0.361. The van der Waals surface area contributed by atoms with Crippen molar-refractivity contribution in [2.75, 3.05) is 20.1 Å². The number of likely N-dealkylation sites (N-methyl/N-ethyl adjacent to an activating group) is 1. The van der Waals surface area contributed by atoms with E-state index in [1.54, 1.807) is 0 Å². The summed E-state index contributed by atoms with van der Waals surface area (Å²) in [6.45, 7) is 6.31. The van der Waals surface area contributed by atoms with Crippen LogP contribution in [0, 0.1) is 19.8 Å². The molecule has 0 spiro atoms. The summed E-state index contributed by atoms with van der Waals surface area (Å²) in [4.78, 5) is 31.3. The van der Waals surface area contributed by atoms with E-state index in [0.29, 0.717) is 12.6 Å². The van der Waals surface area contributed by atoms with E-state index in [0.717, 1.165) is 35.1 Å². The number of H-pyrrole nitrogens is 1. The predicted octanol–water partition coefficient (Wildman–Crippen LogP) is 1.42. The van der Waals surface area contributed by atoms with E-state index in [-0.39, 0.29) is 17.4 Å². The van der Waals surface area contributed by atoms with Gasteiger partial charge in [0.1, 0.15) is 0 Å². The lowest BCUT2D eigenvalue weighted by Gasteiger charge is -2.39. The standard InChI is InChI=1S/C18H21N3O2/c1-10-4-11(2)16-12(5-10)6-13(17(22)19-16)7-21-8-14-15(9-21)20(3)18(14)23/h4-6,14-15H,7-9H2,1-3H3,(H,19,22)/t14?,15-/m1/s1. The number of nitrogens with zero attached hydrogens (tertiary/aromatic N) is 2. The van der Waals surface area contributed by atoms with Crippen LogP contribution in [-0.2, 0) is 11.3 Å². The zero-order valence-corrected chi connectivity index (χ0v) is 13.7. The summed E-state index contributed by atoms with van der Waals surface area (Å²) in [7, 11) is 1.86. The molecule has 23 heavy (non-hydrogen) atoms. The summed E-state index contributed by atoms with van der Waals surface area (Å²) in [5.41, 5.74) is 3.96. The smallest absolute Gasteiger partial charge is 0.252 e. The molecule has 1 unspecified atom stereocenters. The maximum absolute atomic E-state index is 12.4. The third-order valence-corrected chi connectivity index (χ3v) is 5.29. The molecule has 1 N–H and O–H groups in total. The molecule has 2 aromatic rings. The van der Waals surface area contributed by atoms with Crippen LogP contribution in [0.25, 0.3) is 10.9 Å². The highest BCUT2D eigenvalue weighted by Crippen LogP contribution is 2.32. The van der Waals surface area contributed by atoms with Gasteiger partial charge in [-0.1, -0.05) is 11.6 Å². The minimum absolute atomic E-state index is 0.0246. The fourth-order valence-corrected chi connectivity index (χ4v) is 4.06. The Bertz CT molecular complexity index is 870. The Morgan fingerprint density at radius 2 is 1.96 bits per heavy atom. The van der Waals surface area contributed by atoms with Crippen molar-refractivity contribution >= 4 is 16.8 Å². The van der Waals surface area contributed by atoms with E-state index in [2.05, 4.69) is 28.9 Å². The molecule has 5 heteroatoms. The molecule has 2 aliphatic rings. The van der Waals surface area contributed by atoms with Crippen LogP contribution < -0.4 is 5.56 Å². The molecule has 2 saturated heterocycles. The van der Waals surface area contributed by atoms with Gasteiger partial charge < -0.3 is 9.88 Å². The fraction of sp³-hybridized carbons (Fsp3) is 0.444. The van der Waals surface area contributed by atoms with Crippen LogP contribution in [0.2, 0.25) is 0 Å². The third kappa shape index (κ3) is 2.18. The lowest BCUT2D eigenvalue weighted by atomic mass is 9.92. The topological polar surface area (TPSA) is 56.4 Å². The lowest BCUT2D eigenvalue weighted by Crippen LogP contribution is -2.58. The normalized spacial score (nSPS) is 24.1. The number of amides is 1. The Labute approximate surface area is 134 Å². The first-order chi connectivity index (χ1) is 10.9. The number of aromatic amines is 1. The molecule has 0 aliphatic carbocycles. The molecule has 2 atom stereocenters. The second-order valence-electron chi connectivity index (χ2n) is 6.99. The third-order valence-electron chi connectivity index (χ3n) is 5.29. The number of aromatic nitrogens is 1. The van der Waals surface area contributed by atoms with Crippen LogP contribution in [0.5, 0.6) is 0 Å². The van der Waals surface area contributed by atoms with Crippen molar-refractivity contribution < 1.29 is 4.79 Å². The monoisotopic (exact) mass is 311 g/mol. The van der Waals surface area contributed by atoms with Gasteiger partial charge in [-0.15, -0.1) is 0 Å². The maximum atomic E-state index is 12.4. The highest BCUT2D eigenvalue weighted by atomic mass is 16.2. The summed E-state index contributed by atoms with van der Waals surface area (Å²) in [5, 5.41) is 1.08. The number of rotatable bonds is 2. The minimum Gasteiger partial charge on any atom is -0.340 e. The number of likely N-dealkylation sites (tertiary alicyclic amines) is 2. The van der Waals surface area contributed by atoms with Crippen LogP contribution in [0.4, 0.5) is 0 Å². The lowest BCUT2D eigenvalue weighted by molar-refractivity contribution is -0.149. The first-order valence-corrected chi connectivity index (χ1v) is 8.06. The number of carbonyl (C=O) groups excluding carboxylic acids is 1. The molecule has 4 rings (SSSR count). The van der Waals surface area contributed by atoms with E-state index in [1.165, 1.54) is 5.56 Å². The number of pyridine rings is 1. The van der Waals surface area contributed by atoms with Gasteiger partial charge in [0.25, 0.3) is 5.56 Å². The maximum Gasteiger partial charge on any atom is 0.252 e. The summed E-state index contributed by atoms with van der Waals surface area (Å²) >= 11 is 0. The molecule has 5 nitrogen and oxygen atoms in total. The molecule has 0 radical (unpaired) electrons. The summed E-state index contributed by atoms with van der Waals surface area (Å²) in [6, 6.07) is 6.51. The van der Waals surface area contributed by atoms with Gasteiger partial charge >= 0.3 is 0 Å². The highest BCUT2D eigenvalue weighted by Gasteiger charge is 2.50. The Kier molecular flexibility index (Phi) is 3.10. The second kappa shape index (κ2) is 4.93. The average molecular weight is 311 g/mol. The van der Waals surface area contributed by atoms with Gasteiger partial charge in [-0.05, 0) is 36.9 Å². The van der Waals surface area contributed by atoms with Crippen LogP contribution in [0.1, 0.15) is 16.7 Å². The van der Waals surface area contributed by atoms with Crippen molar-refractivity contribution in [3.05, 3.63) is 45.2 Å². The van der Waals surface area contributed by atoms with Gasteiger partial charge in [0.05, 0.1) is 17.5 Å². The number of benzene rings is 1. The molecule has 2 aliphatic heterocycles. The number of fused-ring (bicyclic) bond motifs is 2. The first-order valence-electron chi connectivity index (χ1n) is 8.06. The predicted molar refractivity (Wildman–Crippen MR) is 89.4 cm³/mol. The Morgan fingerprint density at radius 1 is 1.17 bits per heavy atom.